The van der Waals surface area contributed by atoms with E-state index < -0.39 is 0 Å². The van der Waals surface area contributed by atoms with Gasteiger partial charge in [-0.2, -0.15) is 0 Å². The minimum atomic E-state index is 0.684. The van der Waals surface area contributed by atoms with E-state index in [2.05, 4.69) is 11.4 Å². The van der Waals surface area contributed by atoms with Crippen molar-refractivity contribution in [3.63, 3.8) is 0 Å². The Balaban J connectivity index is 2.02. The van der Waals surface area contributed by atoms with Crippen molar-refractivity contribution in [3.05, 3.63) is 34.9 Å². The second-order valence-corrected chi connectivity index (χ2v) is 3.71. The first-order chi connectivity index (χ1) is 5.84. The third-order valence-electron chi connectivity index (χ3n) is 2.30. The van der Waals surface area contributed by atoms with Gasteiger partial charge in [0.05, 0.1) is 0 Å². The predicted octanol–water partition coefficient (Wildman–Crippen LogP) is 2.24. The zero-order valence-corrected chi connectivity index (χ0v) is 7.64. The zero-order valence-electron chi connectivity index (χ0n) is 6.89. The highest BCUT2D eigenvalue weighted by Gasteiger charge is 2.16. The van der Waals surface area contributed by atoms with E-state index in [1.54, 1.807) is 0 Å². The molecule has 1 nitrogen and oxygen atoms in total. The first kappa shape index (κ1) is 8.09. The van der Waals surface area contributed by atoms with Crippen molar-refractivity contribution >= 4 is 11.6 Å². The summed E-state index contributed by atoms with van der Waals surface area (Å²) < 4.78 is 0. The topological polar surface area (TPSA) is 12.0 Å². The molecule has 0 saturated carbocycles. The lowest BCUT2D eigenvalue weighted by atomic mass is 9.98. The summed E-state index contributed by atoms with van der Waals surface area (Å²) in [5.41, 5.74) is 1.33. The maximum atomic E-state index is 5.87. The molecular formula is C10H12ClN. The van der Waals surface area contributed by atoms with Gasteiger partial charge < -0.3 is 5.32 Å². The molecule has 1 unspecified atom stereocenters. The molecular weight excluding hydrogens is 170 g/mol. The Morgan fingerprint density at radius 2 is 2.33 bits per heavy atom. The van der Waals surface area contributed by atoms with Crippen molar-refractivity contribution < 1.29 is 0 Å². The number of nitrogens with one attached hydrogen (secondary N) is 1. The van der Waals surface area contributed by atoms with Crippen LogP contribution < -0.4 is 5.32 Å². The Hall–Kier alpha value is -0.530. The molecule has 1 saturated heterocycles. The second kappa shape index (κ2) is 3.46. The van der Waals surface area contributed by atoms with Crippen LogP contribution in [-0.2, 0) is 6.42 Å². The monoisotopic (exact) mass is 181 g/mol. The molecule has 1 aromatic rings. The van der Waals surface area contributed by atoms with Crippen LogP contribution in [0.2, 0.25) is 5.02 Å². The van der Waals surface area contributed by atoms with Crippen molar-refractivity contribution in [1.82, 2.24) is 5.32 Å². The Bertz CT molecular complexity index is 268. The fraction of sp³-hybridized carbons (Fsp3) is 0.400. The van der Waals surface area contributed by atoms with Crippen molar-refractivity contribution in [2.24, 2.45) is 0 Å². The molecule has 0 bridgehead atoms. The standard InChI is InChI=1S/C10H12ClN/c11-9-3-1-2-8(6-9)7-10-4-5-12-10/h1-3,6,10,12H,4-5,7H2. The molecule has 0 aliphatic carbocycles. The fourth-order valence-corrected chi connectivity index (χ4v) is 1.68. The molecule has 1 aromatic carbocycles. The van der Waals surface area contributed by atoms with Gasteiger partial charge in [-0.3, -0.25) is 0 Å². The average Bonchev–Trinajstić information content (AvgIpc) is 1.97. The molecule has 12 heavy (non-hydrogen) atoms. The number of halogens is 1. The van der Waals surface area contributed by atoms with E-state index in [4.69, 9.17) is 11.6 Å². The van der Waals surface area contributed by atoms with Crippen LogP contribution in [0.25, 0.3) is 0 Å². The van der Waals surface area contributed by atoms with E-state index in [0.717, 1.165) is 11.4 Å². The van der Waals surface area contributed by atoms with Crippen LogP contribution in [0.1, 0.15) is 12.0 Å². The zero-order chi connectivity index (χ0) is 8.39. The summed E-state index contributed by atoms with van der Waals surface area (Å²) in [6.07, 6.45) is 2.41. The number of benzene rings is 1. The molecule has 1 atom stereocenters. The Labute approximate surface area is 77.7 Å². The van der Waals surface area contributed by atoms with Gasteiger partial charge in [0.25, 0.3) is 0 Å². The van der Waals surface area contributed by atoms with Crippen molar-refractivity contribution in [3.8, 4) is 0 Å². The Morgan fingerprint density at radius 3 is 2.92 bits per heavy atom. The Kier molecular flexibility index (Phi) is 2.33. The molecule has 2 rings (SSSR count). The third kappa shape index (κ3) is 1.79. The lowest BCUT2D eigenvalue weighted by molar-refractivity contribution is 0.369. The quantitative estimate of drug-likeness (QED) is 0.738. The van der Waals surface area contributed by atoms with E-state index >= 15 is 0 Å². The maximum absolute atomic E-state index is 5.87. The molecule has 1 heterocycles. The number of hydrogen-bond acceptors (Lipinski definition) is 1. The Morgan fingerprint density at radius 1 is 1.50 bits per heavy atom. The highest BCUT2D eigenvalue weighted by atomic mass is 35.5. The van der Waals surface area contributed by atoms with Crippen LogP contribution in [-0.4, -0.2) is 12.6 Å². The number of hydrogen-bond donors (Lipinski definition) is 1. The summed E-state index contributed by atoms with van der Waals surface area (Å²) in [6.45, 7) is 1.17. The second-order valence-electron chi connectivity index (χ2n) is 3.27. The van der Waals surface area contributed by atoms with Crippen molar-refractivity contribution in [2.75, 3.05) is 6.54 Å². The summed E-state index contributed by atoms with van der Waals surface area (Å²) in [7, 11) is 0. The minimum absolute atomic E-state index is 0.684. The lowest BCUT2D eigenvalue weighted by Crippen LogP contribution is -2.44. The van der Waals surface area contributed by atoms with E-state index in [1.165, 1.54) is 18.5 Å². The van der Waals surface area contributed by atoms with E-state index in [9.17, 15) is 0 Å². The largest absolute Gasteiger partial charge is 0.314 e. The van der Waals surface area contributed by atoms with Crippen LogP contribution in [0.15, 0.2) is 24.3 Å². The van der Waals surface area contributed by atoms with Gasteiger partial charge in [-0.15, -0.1) is 0 Å². The molecule has 1 fully saturated rings. The summed E-state index contributed by atoms with van der Waals surface area (Å²) >= 11 is 5.87. The van der Waals surface area contributed by atoms with Crippen LogP contribution in [0.4, 0.5) is 0 Å². The highest BCUT2D eigenvalue weighted by Crippen LogP contribution is 2.15. The number of rotatable bonds is 2. The third-order valence-corrected chi connectivity index (χ3v) is 2.53. The molecule has 64 valence electrons. The average molecular weight is 182 g/mol. The maximum Gasteiger partial charge on any atom is 0.0408 e. The van der Waals surface area contributed by atoms with Crippen LogP contribution in [0, 0.1) is 0 Å². The summed E-state index contributed by atoms with van der Waals surface area (Å²) in [6, 6.07) is 8.78. The molecule has 0 amide bonds. The van der Waals surface area contributed by atoms with Crippen LogP contribution >= 0.6 is 11.6 Å². The van der Waals surface area contributed by atoms with Gasteiger partial charge in [0.1, 0.15) is 0 Å². The van der Waals surface area contributed by atoms with Gasteiger partial charge in [0.15, 0.2) is 0 Å². The molecule has 1 aliphatic heterocycles. The van der Waals surface area contributed by atoms with E-state index in [0.29, 0.717) is 6.04 Å². The lowest BCUT2D eigenvalue weighted by Gasteiger charge is -2.27. The van der Waals surface area contributed by atoms with Gasteiger partial charge in [-0.05, 0) is 37.1 Å². The van der Waals surface area contributed by atoms with Gasteiger partial charge in [0, 0.05) is 11.1 Å². The van der Waals surface area contributed by atoms with Gasteiger partial charge in [-0.1, -0.05) is 23.7 Å². The van der Waals surface area contributed by atoms with Crippen molar-refractivity contribution in [2.45, 2.75) is 18.9 Å². The smallest absolute Gasteiger partial charge is 0.0408 e. The molecule has 0 aromatic heterocycles. The highest BCUT2D eigenvalue weighted by molar-refractivity contribution is 6.30. The first-order valence-corrected chi connectivity index (χ1v) is 4.70. The van der Waals surface area contributed by atoms with Gasteiger partial charge >= 0.3 is 0 Å². The minimum Gasteiger partial charge on any atom is -0.314 e. The summed E-state index contributed by atoms with van der Waals surface area (Å²) in [5, 5.41) is 4.21. The van der Waals surface area contributed by atoms with Crippen LogP contribution in [0.3, 0.4) is 0 Å². The fourth-order valence-electron chi connectivity index (χ4n) is 1.47. The summed E-state index contributed by atoms with van der Waals surface area (Å²) in [4.78, 5) is 0. The molecule has 0 radical (unpaired) electrons. The van der Waals surface area contributed by atoms with E-state index in [1.807, 2.05) is 18.2 Å². The molecule has 1 aliphatic rings. The summed E-state index contributed by atoms with van der Waals surface area (Å²) in [5.74, 6) is 0. The van der Waals surface area contributed by atoms with Gasteiger partial charge in [0.2, 0.25) is 0 Å². The first-order valence-electron chi connectivity index (χ1n) is 4.32. The predicted molar refractivity (Wildman–Crippen MR) is 51.6 cm³/mol. The SMILES string of the molecule is Clc1cccc(CC2CCN2)c1. The molecule has 2 heteroatoms. The normalized spacial score (nSPS) is 21.9. The van der Waals surface area contributed by atoms with Crippen molar-refractivity contribution in [1.29, 1.82) is 0 Å². The van der Waals surface area contributed by atoms with E-state index in [-0.39, 0.29) is 0 Å². The molecule has 1 N–H and O–H groups in total. The van der Waals surface area contributed by atoms with Gasteiger partial charge in [-0.25, -0.2) is 0 Å². The molecule has 0 spiro atoms. The van der Waals surface area contributed by atoms with Crippen LogP contribution in [0.5, 0.6) is 0 Å².